The molecule has 3 rings (SSSR count). The molecule has 5 heteroatoms. The van der Waals surface area contributed by atoms with E-state index in [1.165, 1.54) is 17.7 Å². The maximum atomic E-state index is 10.9. The number of carboxylic acid groups (broad SMARTS) is 1. The molecule has 0 atom stereocenters. The normalized spacial score (nSPS) is 10.7. The molecule has 0 heterocycles. The quantitative estimate of drug-likeness (QED) is 0.472. The number of aromatic carboxylic acids is 1. The molecule has 3 aromatic rings. The Morgan fingerprint density at radius 1 is 1.04 bits per heavy atom. The number of hydrogen-bond donors (Lipinski definition) is 2. The summed E-state index contributed by atoms with van der Waals surface area (Å²) in [5, 5.41) is 13.1. The van der Waals surface area contributed by atoms with Gasteiger partial charge in [-0.05, 0) is 48.9 Å². The van der Waals surface area contributed by atoms with Gasteiger partial charge in [0, 0.05) is 5.56 Å². The lowest BCUT2D eigenvalue weighted by atomic mass is 10.1. The number of para-hydroxylation sites is 1. The number of carboxylic acids is 1. The second-order valence-electron chi connectivity index (χ2n) is 6.06. The van der Waals surface area contributed by atoms with Gasteiger partial charge in [0.25, 0.3) is 0 Å². The highest BCUT2D eigenvalue weighted by molar-refractivity contribution is 5.88. The molecule has 27 heavy (non-hydrogen) atoms. The number of rotatable bonds is 7. The van der Waals surface area contributed by atoms with Crippen LogP contribution in [0.4, 0.5) is 5.69 Å². The van der Waals surface area contributed by atoms with Crippen LogP contribution in [0.25, 0.3) is 0 Å². The zero-order valence-corrected chi connectivity index (χ0v) is 14.9. The lowest BCUT2D eigenvalue weighted by Gasteiger charge is -2.09. The van der Waals surface area contributed by atoms with Gasteiger partial charge >= 0.3 is 5.97 Å². The standard InChI is InChI=1S/C22H20N2O3/c1-16-6-8-17(9-7-16)15-27-21-5-3-2-4-19(21)14-23-24-20-12-10-18(11-13-20)22(25)26/h2-14,24H,15H2,1H3,(H,25,26)/b23-14+. The van der Waals surface area contributed by atoms with E-state index in [1.807, 2.05) is 36.4 Å². The van der Waals surface area contributed by atoms with Gasteiger partial charge in [-0.15, -0.1) is 0 Å². The van der Waals surface area contributed by atoms with Crippen LogP contribution in [0.2, 0.25) is 0 Å². The Balaban J connectivity index is 1.63. The van der Waals surface area contributed by atoms with Crippen LogP contribution in [0, 0.1) is 6.92 Å². The smallest absolute Gasteiger partial charge is 0.335 e. The summed E-state index contributed by atoms with van der Waals surface area (Å²) in [4.78, 5) is 10.9. The number of aryl methyl sites for hydroxylation is 1. The topological polar surface area (TPSA) is 70.9 Å². The zero-order valence-electron chi connectivity index (χ0n) is 14.9. The average Bonchev–Trinajstić information content (AvgIpc) is 2.69. The van der Waals surface area contributed by atoms with Crippen LogP contribution in [-0.2, 0) is 6.61 Å². The first-order valence-electron chi connectivity index (χ1n) is 8.51. The molecule has 0 saturated carbocycles. The summed E-state index contributed by atoms with van der Waals surface area (Å²) < 4.78 is 5.92. The lowest BCUT2D eigenvalue weighted by Crippen LogP contribution is -1.99. The maximum Gasteiger partial charge on any atom is 0.335 e. The molecule has 0 spiro atoms. The van der Waals surface area contributed by atoms with Crippen molar-refractivity contribution in [3.63, 3.8) is 0 Å². The molecular weight excluding hydrogens is 340 g/mol. The van der Waals surface area contributed by atoms with Crippen molar-refractivity contribution in [3.8, 4) is 5.75 Å². The third kappa shape index (κ3) is 5.19. The fourth-order valence-corrected chi connectivity index (χ4v) is 2.43. The van der Waals surface area contributed by atoms with Crippen LogP contribution >= 0.6 is 0 Å². The fraction of sp³-hybridized carbons (Fsp3) is 0.0909. The number of nitrogens with zero attached hydrogens (tertiary/aromatic N) is 1. The number of hydrogen-bond acceptors (Lipinski definition) is 4. The van der Waals surface area contributed by atoms with E-state index in [-0.39, 0.29) is 5.56 Å². The largest absolute Gasteiger partial charge is 0.488 e. The molecule has 0 aliphatic carbocycles. The highest BCUT2D eigenvalue weighted by atomic mass is 16.5. The minimum Gasteiger partial charge on any atom is -0.488 e. The molecule has 0 radical (unpaired) electrons. The van der Waals surface area contributed by atoms with Crippen LogP contribution < -0.4 is 10.2 Å². The Morgan fingerprint density at radius 2 is 1.74 bits per heavy atom. The molecule has 0 aliphatic rings. The molecule has 5 nitrogen and oxygen atoms in total. The van der Waals surface area contributed by atoms with E-state index in [4.69, 9.17) is 9.84 Å². The summed E-state index contributed by atoms with van der Waals surface area (Å²) in [6.45, 7) is 2.54. The Kier molecular flexibility index (Phi) is 5.84. The number of carbonyl (C=O) groups is 1. The molecule has 0 amide bonds. The molecule has 0 aromatic heterocycles. The molecular formula is C22H20N2O3. The summed E-state index contributed by atoms with van der Waals surface area (Å²) >= 11 is 0. The monoisotopic (exact) mass is 360 g/mol. The van der Waals surface area contributed by atoms with Crippen molar-refractivity contribution in [1.29, 1.82) is 0 Å². The van der Waals surface area contributed by atoms with Crippen molar-refractivity contribution in [2.45, 2.75) is 13.5 Å². The van der Waals surface area contributed by atoms with Crippen molar-refractivity contribution < 1.29 is 14.6 Å². The van der Waals surface area contributed by atoms with Gasteiger partial charge in [-0.3, -0.25) is 5.43 Å². The molecule has 2 N–H and O–H groups in total. The molecule has 0 bridgehead atoms. The highest BCUT2D eigenvalue weighted by Gasteiger charge is 2.03. The van der Waals surface area contributed by atoms with Crippen LogP contribution in [0.5, 0.6) is 5.75 Å². The van der Waals surface area contributed by atoms with Gasteiger partial charge in [0.05, 0.1) is 17.5 Å². The van der Waals surface area contributed by atoms with E-state index >= 15 is 0 Å². The predicted molar refractivity (Wildman–Crippen MR) is 107 cm³/mol. The Labute approximate surface area is 157 Å². The van der Waals surface area contributed by atoms with E-state index in [0.29, 0.717) is 12.3 Å². The van der Waals surface area contributed by atoms with Gasteiger partial charge in [0.15, 0.2) is 0 Å². The van der Waals surface area contributed by atoms with Crippen molar-refractivity contribution in [3.05, 3.63) is 95.1 Å². The zero-order chi connectivity index (χ0) is 19.1. The van der Waals surface area contributed by atoms with Gasteiger partial charge in [0.2, 0.25) is 0 Å². The van der Waals surface area contributed by atoms with E-state index < -0.39 is 5.97 Å². The van der Waals surface area contributed by atoms with Crippen molar-refractivity contribution >= 4 is 17.9 Å². The van der Waals surface area contributed by atoms with Gasteiger partial charge in [-0.2, -0.15) is 5.10 Å². The average molecular weight is 360 g/mol. The first-order chi connectivity index (χ1) is 13.1. The summed E-state index contributed by atoms with van der Waals surface area (Å²) in [6.07, 6.45) is 1.68. The molecule has 0 saturated heterocycles. The van der Waals surface area contributed by atoms with Crippen LogP contribution in [0.15, 0.2) is 77.9 Å². The number of ether oxygens (including phenoxy) is 1. The minimum absolute atomic E-state index is 0.236. The summed E-state index contributed by atoms with van der Waals surface area (Å²) in [5.41, 5.74) is 6.99. The predicted octanol–water partition coefficient (Wildman–Crippen LogP) is 4.72. The summed E-state index contributed by atoms with van der Waals surface area (Å²) in [5.74, 6) is -0.213. The van der Waals surface area contributed by atoms with E-state index in [0.717, 1.165) is 16.9 Å². The number of hydrazone groups is 1. The number of anilines is 1. The molecule has 3 aromatic carbocycles. The highest BCUT2D eigenvalue weighted by Crippen LogP contribution is 2.18. The summed E-state index contributed by atoms with van der Waals surface area (Å²) in [6, 6.07) is 22.3. The second-order valence-corrected chi connectivity index (χ2v) is 6.06. The third-order valence-corrected chi connectivity index (χ3v) is 3.96. The van der Waals surface area contributed by atoms with Gasteiger partial charge in [-0.1, -0.05) is 42.0 Å². The van der Waals surface area contributed by atoms with Crippen molar-refractivity contribution in [2.24, 2.45) is 5.10 Å². The van der Waals surface area contributed by atoms with E-state index in [1.54, 1.807) is 18.3 Å². The Morgan fingerprint density at radius 3 is 2.44 bits per heavy atom. The number of benzene rings is 3. The summed E-state index contributed by atoms with van der Waals surface area (Å²) in [7, 11) is 0. The van der Waals surface area contributed by atoms with Crippen LogP contribution in [0.3, 0.4) is 0 Å². The third-order valence-electron chi connectivity index (χ3n) is 3.96. The molecule has 0 aliphatic heterocycles. The molecule has 0 unspecified atom stereocenters. The van der Waals surface area contributed by atoms with Gasteiger partial charge < -0.3 is 9.84 Å². The minimum atomic E-state index is -0.954. The Bertz CT molecular complexity index is 933. The van der Waals surface area contributed by atoms with Gasteiger partial charge in [-0.25, -0.2) is 4.79 Å². The lowest BCUT2D eigenvalue weighted by molar-refractivity contribution is 0.0697. The SMILES string of the molecule is Cc1ccc(COc2ccccc2/C=N/Nc2ccc(C(=O)O)cc2)cc1. The second kappa shape index (κ2) is 8.67. The van der Waals surface area contributed by atoms with E-state index in [2.05, 4.69) is 29.6 Å². The molecule has 0 fully saturated rings. The first kappa shape index (κ1) is 18.2. The van der Waals surface area contributed by atoms with Crippen LogP contribution in [-0.4, -0.2) is 17.3 Å². The molecule has 136 valence electrons. The maximum absolute atomic E-state index is 10.9. The Hall–Kier alpha value is -3.60. The van der Waals surface area contributed by atoms with E-state index in [9.17, 15) is 4.79 Å². The van der Waals surface area contributed by atoms with Crippen molar-refractivity contribution in [1.82, 2.24) is 0 Å². The fourth-order valence-electron chi connectivity index (χ4n) is 2.43. The first-order valence-corrected chi connectivity index (χ1v) is 8.51. The van der Waals surface area contributed by atoms with Crippen LogP contribution in [0.1, 0.15) is 27.0 Å². The van der Waals surface area contributed by atoms with Crippen molar-refractivity contribution in [2.75, 3.05) is 5.43 Å². The number of nitrogens with one attached hydrogen (secondary N) is 1. The van der Waals surface area contributed by atoms with Gasteiger partial charge in [0.1, 0.15) is 12.4 Å².